The Balaban J connectivity index is 1.52. The van der Waals surface area contributed by atoms with Crippen molar-refractivity contribution in [2.24, 2.45) is 0 Å². The number of amides is 2. The van der Waals surface area contributed by atoms with Crippen molar-refractivity contribution < 1.29 is 19.1 Å². The fraction of sp³-hybridized carbons (Fsp3) is 0.167. The molecule has 0 unspecified atom stereocenters. The minimum absolute atomic E-state index is 0.294. The number of rotatable bonds is 7. The molecule has 0 aliphatic carbocycles. The Kier molecular flexibility index (Phi) is 7.05. The van der Waals surface area contributed by atoms with Crippen LogP contribution in [0.2, 0.25) is 0 Å². The van der Waals surface area contributed by atoms with Gasteiger partial charge in [-0.25, -0.2) is 4.68 Å². The summed E-state index contributed by atoms with van der Waals surface area (Å²) in [6.07, 6.45) is 1.52. The van der Waals surface area contributed by atoms with E-state index in [0.717, 1.165) is 11.1 Å². The van der Waals surface area contributed by atoms with Crippen molar-refractivity contribution in [2.45, 2.75) is 19.9 Å². The molecule has 198 valence electrons. The molecule has 4 aromatic rings. The number of methoxy groups -OCH3 is 2. The maximum absolute atomic E-state index is 13.7. The predicted molar refractivity (Wildman–Crippen MR) is 150 cm³/mol. The van der Waals surface area contributed by atoms with E-state index in [4.69, 9.17) is 9.47 Å². The summed E-state index contributed by atoms with van der Waals surface area (Å²) in [4.78, 5) is 27.0. The standard InChI is InChI=1S/C30H29N5O4/c1-18-6-5-7-22(16-18)34-29(36)25-17-31-35-27(20-8-12-23(38-3)13-9-20)26(19(2)32-28(25)35)30(37)33-21-10-14-24(39-4)15-11-21/h5-17,27,32H,1-4H3,(H,33,37)(H,34,36)/t27-/m1/s1. The zero-order valence-corrected chi connectivity index (χ0v) is 22.1. The maximum Gasteiger partial charge on any atom is 0.261 e. The van der Waals surface area contributed by atoms with Gasteiger partial charge in [0.2, 0.25) is 0 Å². The summed E-state index contributed by atoms with van der Waals surface area (Å²) in [5, 5.41) is 13.7. The van der Waals surface area contributed by atoms with Gasteiger partial charge in [0, 0.05) is 17.1 Å². The highest BCUT2D eigenvalue weighted by Crippen LogP contribution is 2.38. The Morgan fingerprint density at radius 2 is 1.49 bits per heavy atom. The molecule has 9 heteroatoms. The van der Waals surface area contributed by atoms with Gasteiger partial charge in [-0.1, -0.05) is 24.3 Å². The van der Waals surface area contributed by atoms with Crippen molar-refractivity contribution in [2.75, 3.05) is 30.2 Å². The molecule has 0 fully saturated rings. The van der Waals surface area contributed by atoms with E-state index >= 15 is 0 Å². The molecule has 0 radical (unpaired) electrons. The first kappa shape index (κ1) is 25.6. The zero-order chi connectivity index (χ0) is 27.5. The van der Waals surface area contributed by atoms with Crippen LogP contribution in [0.4, 0.5) is 17.2 Å². The predicted octanol–water partition coefficient (Wildman–Crippen LogP) is 5.39. The highest BCUT2D eigenvalue weighted by atomic mass is 16.5. The van der Waals surface area contributed by atoms with Gasteiger partial charge >= 0.3 is 0 Å². The summed E-state index contributed by atoms with van der Waals surface area (Å²) in [5.74, 6) is 1.28. The SMILES string of the molecule is COc1ccc(NC(=O)C2=C(C)Nc3c(C(=O)Nc4cccc(C)c4)cnn3[C@@H]2c2ccc(OC)cc2)cc1. The molecule has 1 aliphatic heterocycles. The van der Waals surface area contributed by atoms with Gasteiger partial charge in [0.25, 0.3) is 11.8 Å². The number of carbonyl (C=O) groups is 2. The number of benzene rings is 3. The molecule has 39 heavy (non-hydrogen) atoms. The largest absolute Gasteiger partial charge is 0.497 e. The van der Waals surface area contributed by atoms with E-state index in [0.29, 0.717) is 45.5 Å². The summed E-state index contributed by atoms with van der Waals surface area (Å²) >= 11 is 0. The quantitative estimate of drug-likeness (QED) is 0.300. The first-order valence-corrected chi connectivity index (χ1v) is 12.4. The van der Waals surface area contributed by atoms with E-state index in [9.17, 15) is 9.59 Å². The number of anilines is 3. The fourth-order valence-corrected chi connectivity index (χ4v) is 4.60. The van der Waals surface area contributed by atoms with Gasteiger partial charge in [0.05, 0.1) is 26.0 Å². The normalized spacial score (nSPS) is 14.2. The van der Waals surface area contributed by atoms with Gasteiger partial charge in [-0.2, -0.15) is 5.10 Å². The summed E-state index contributed by atoms with van der Waals surface area (Å²) < 4.78 is 12.2. The average Bonchev–Trinajstić information content (AvgIpc) is 3.36. The molecule has 2 amide bonds. The van der Waals surface area contributed by atoms with E-state index in [-0.39, 0.29) is 11.8 Å². The number of nitrogens with zero attached hydrogens (tertiary/aromatic N) is 2. The van der Waals surface area contributed by atoms with Crippen LogP contribution in [0.15, 0.2) is 90.3 Å². The van der Waals surface area contributed by atoms with E-state index < -0.39 is 6.04 Å². The van der Waals surface area contributed by atoms with Gasteiger partial charge < -0.3 is 25.4 Å². The fourth-order valence-electron chi connectivity index (χ4n) is 4.60. The first-order chi connectivity index (χ1) is 18.9. The van der Waals surface area contributed by atoms with Crippen molar-refractivity contribution in [3.63, 3.8) is 0 Å². The Bertz CT molecular complexity index is 1560. The second-order valence-corrected chi connectivity index (χ2v) is 9.20. The number of aromatic nitrogens is 2. The van der Waals surface area contributed by atoms with Crippen LogP contribution in [0.3, 0.4) is 0 Å². The minimum Gasteiger partial charge on any atom is -0.497 e. The Hall–Kier alpha value is -5.05. The molecular weight excluding hydrogens is 494 g/mol. The lowest BCUT2D eigenvalue weighted by Crippen LogP contribution is -2.32. The molecule has 0 spiro atoms. The monoisotopic (exact) mass is 523 g/mol. The molecule has 2 heterocycles. The van der Waals surface area contributed by atoms with Gasteiger partial charge in [0.1, 0.15) is 28.9 Å². The van der Waals surface area contributed by atoms with Crippen molar-refractivity contribution in [1.29, 1.82) is 0 Å². The summed E-state index contributed by atoms with van der Waals surface area (Å²) in [6.45, 7) is 3.78. The van der Waals surface area contributed by atoms with Crippen LogP contribution in [0.5, 0.6) is 11.5 Å². The van der Waals surface area contributed by atoms with Gasteiger partial charge in [-0.05, 0) is 73.5 Å². The number of allylic oxidation sites excluding steroid dienone is 1. The number of hydrogen-bond acceptors (Lipinski definition) is 6. The molecule has 0 saturated heterocycles. The van der Waals surface area contributed by atoms with E-state index in [2.05, 4.69) is 21.0 Å². The lowest BCUT2D eigenvalue weighted by molar-refractivity contribution is -0.113. The third-order valence-electron chi connectivity index (χ3n) is 6.57. The lowest BCUT2D eigenvalue weighted by atomic mass is 9.94. The molecule has 9 nitrogen and oxygen atoms in total. The number of ether oxygens (including phenoxy) is 2. The lowest BCUT2D eigenvalue weighted by Gasteiger charge is -2.30. The van der Waals surface area contributed by atoms with Crippen molar-refractivity contribution in [3.8, 4) is 11.5 Å². The summed E-state index contributed by atoms with van der Waals surface area (Å²) in [5.41, 5.74) is 4.61. The van der Waals surface area contributed by atoms with Gasteiger partial charge in [-0.3, -0.25) is 9.59 Å². The number of aryl methyl sites for hydroxylation is 1. The van der Waals surface area contributed by atoms with Crippen LogP contribution < -0.4 is 25.4 Å². The van der Waals surface area contributed by atoms with Crippen LogP contribution in [0, 0.1) is 6.92 Å². The highest BCUT2D eigenvalue weighted by molar-refractivity contribution is 6.09. The van der Waals surface area contributed by atoms with E-state index in [1.54, 1.807) is 43.2 Å². The molecule has 5 rings (SSSR count). The summed E-state index contributed by atoms with van der Waals surface area (Å²) in [7, 11) is 3.19. The highest BCUT2D eigenvalue weighted by Gasteiger charge is 2.35. The van der Waals surface area contributed by atoms with E-state index in [1.807, 2.05) is 62.4 Å². The Morgan fingerprint density at radius 1 is 0.846 bits per heavy atom. The number of hydrogen-bond donors (Lipinski definition) is 3. The molecule has 1 aromatic heterocycles. The van der Waals surface area contributed by atoms with Gasteiger partial charge in [-0.15, -0.1) is 0 Å². The third kappa shape index (κ3) is 5.19. The second kappa shape index (κ2) is 10.7. The van der Waals surface area contributed by atoms with Crippen LogP contribution >= 0.6 is 0 Å². The molecular formula is C30H29N5O4. The molecule has 0 saturated carbocycles. The summed E-state index contributed by atoms with van der Waals surface area (Å²) in [6, 6.07) is 21.5. The topological polar surface area (TPSA) is 107 Å². The smallest absolute Gasteiger partial charge is 0.261 e. The molecule has 1 aliphatic rings. The second-order valence-electron chi connectivity index (χ2n) is 9.20. The first-order valence-electron chi connectivity index (χ1n) is 12.4. The zero-order valence-electron chi connectivity index (χ0n) is 22.1. The van der Waals surface area contributed by atoms with Crippen LogP contribution in [0.25, 0.3) is 0 Å². The number of fused-ring (bicyclic) bond motifs is 1. The number of carbonyl (C=O) groups excluding carboxylic acids is 2. The number of nitrogens with one attached hydrogen (secondary N) is 3. The van der Waals surface area contributed by atoms with Crippen molar-refractivity contribution in [1.82, 2.24) is 9.78 Å². The Labute approximate surface area is 226 Å². The van der Waals surface area contributed by atoms with Crippen LogP contribution in [-0.2, 0) is 4.79 Å². The van der Waals surface area contributed by atoms with Crippen LogP contribution in [0.1, 0.15) is 34.5 Å². The molecule has 3 aromatic carbocycles. The molecule has 3 N–H and O–H groups in total. The molecule has 1 atom stereocenters. The van der Waals surface area contributed by atoms with Crippen molar-refractivity contribution in [3.05, 3.63) is 107 Å². The third-order valence-corrected chi connectivity index (χ3v) is 6.57. The minimum atomic E-state index is -0.592. The van der Waals surface area contributed by atoms with E-state index in [1.165, 1.54) is 6.20 Å². The average molecular weight is 524 g/mol. The Morgan fingerprint density at radius 3 is 2.13 bits per heavy atom. The van der Waals surface area contributed by atoms with Crippen LogP contribution in [-0.4, -0.2) is 35.8 Å². The maximum atomic E-state index is 13.7. The van der Waals surface area contributed by atoms with Gasteiger partial charge in [0.15, 0.2) is 0 Å². The molecule has 0 bridgehead atoms. The van der Waals surface area contributed by atoms with Crippen molar-refractivity contribution >= 4 is 29.0 Å².